The van der Waals surface area contributed by atoms with Crippen molar-refractivity contribution >= 4 is 44.8 Å². The van der Waals surface area contributed by atoms with Crippen LogP contribution in [0, 0.1) is 0 Å². The number of amides is 2. The average Bonchev–Trinajstić information content (AvgIpc) is 3.56. The van der Waals surface area contributed by atoms with Gasteiger partial charge in [-0.1, -0.05) is 41.9 Å². The molecule has 0 fully saturated rings. The highest BCUT2D eigenvalue weighted by Gasteiger charge is 2.77. The second-order valence-corrected chi connectivity index (χ2v) is 14.0. The molecule has 0 bridgehead atoms. The average molecular weight is 717 g/mol. The standard InChI is InChI=1S/C34H29ClF3N3O7S/c1-40(2)31(42)27-17-20-9-5-7-11-26(20)41(27,49(44,45)30-16-14-22(46-3)19-29(30)48-34(36,37)38)33(23-10-6-8-12-28(23)47-4)24-18-21(35)13-15-25(24)39-32(33)43/h5-16,18-19,27H,17H2,1-4H3/p+1/t27-,33?,41?/m0/s1. The second-order valence-electron chi connectivity index (χ2n) is 11.6. The lowest BCUT2D eigenvalue weighted by atomic mass is 9.80. The van der Waals surface area contributed by atoms with Crippen LogP contribution >= 0.6 is 11.6 Å². The van der Waals surface area contributed by atoms with E-state index in [-0.39, 0.29) is 45.4 Å². The number of benzene rings is 4. The predicted molar refractivity (Wildman–Crippen MR) is 175 cm³/mol. The van der Waals surface area contributed by atoms with E-state index in [4.69, 9.17) is 21.1 Å². The molecule has 0 aliphatic carbocycles. The van der Waals surface area contributed by atoms with Crippen LogP contribution in [0.5, 0.6) is 17.2 Å². The van der Waals surface area contributed by atoms with Crippen LogP contribution in [0.4, 0.5) is 24.5 Å². The maximum atomic E-state index is 16.0. The summed E-state index contributed by atoms with van der Waals surface area (Å²) in [6.07, 6.45) is -5.55. The normalized spacial score (nSPS) is 21.4. The van der Waals surface area contributed by atoms with Crippen molar-refractivity contribution in [3.05, 3.63) is 107 Å². The first kappa shape index (κ1) is 34.1. The Morgan fingerprint density at radius 1 is 0.939 bits per heavy atom. The number of likely N-dealkylation sites (N-methyl/N-ethyl adjacent to an activating group) is 1. The summed E-state index contributed by atoms with van der Waals surface area (Å²) in [5.41, 5.74) is -1.86. The van der Waals surface area contributed by atoms with Crippen LogP contribution in [0.15, 0.2) is 89.8 Å². The molecule has 6 rings (SSSR count). The van der Waals surface area contributed by atoms with Gasteiger partial charge in [-0.25, -0.2) is 0 Å². The van der Waals surface area contributed by atoms with E-state index in [1.54, 1.807) is 24.3 Å². The number of hydrogen-bond acceptors (Lipinski definition) is 7. The molecular formula is C34H30ClF3N3O7S+. The number of nitrogens with zero attached hydrogens (tertiary/aromatic N) is 2. The number of rotatable bonds is 8. The van der Waals surface area contributed by atoms with Gasteiger partial charge in [0.2, 0.25) is 0 Å². The predicted octanol–water partition coefficient (Wildman–Crippen LogP) is 5.86. The van der Waals surface area contributed by atoms with Gasteiger partial charge >= 0.3 is 16.4 Å². The van der Waals surface area contributed by atoms with E-state index >= 15 is 13.2 Å². The minimum atomic E-state index is -5.42. The fourth-order valence-corrected chi connectivity index (χ4v) is 9.77. The number of hydrogen-bond donors (Lipinski definition) is 1. The van der Waals surface area contributed by atoms with Gasteiger partial charge in [0.15, 0.2) is 22.4 Å². The Labute approximate surface area is 285 Å². The van der Waals surface area contributed by atoms with Crippen molar-refractivity contribution in [2.75, 3.05) is 33.6 Å². The van der Waals surface area contributed by atoms with Crippen LogP contribution in [-0.2, 0) is 31.6 Å². The topological polar surface area (TPSA) is 111 Å². The molecule has 0 radical (unpaired) electrons. The van der Waals surface area contributed by atoms with E-state index in [0.717, 1.165) is 18.2 Å². The smallest absolute Gasteiger partial charge is 0.497 e. The number of carbonyl (C=O) groups is 2. The van der Waals surface area contributed by atoms with E-state index in [0.29, 0.717) is 5.56 Å². The zero-order chi connectivity index (χ0) is 35.5. The van der Waals surface area contributed by atoms with Crippen molar-refractivity contribution in [1.29, 1.82) is 0 Å². The largest absolute Gasteiger partial charge is 0.573 e. The number of quaternary nitrogens is 1. The molecule has 0 spiro atoms. The van der Waals surface area contributed by atoms with Gasteiger partial charge in [0.05, 0.1) is 31.0 Å². The van der Waals surface area contributed by atoms with E-state index in [2.05, 4.69) is 10.1 Å². The van der Waals surface area contributed by atoms with Gasteiger partial charge in [0, 0.05) is 43.2 Å². The summed E-state index contributed by atoms with van der Waals surface area (Å²) in [6.45, 7) is 0. The zero-order valence-electron chi connectivity index (χ0n) is 26.5. The Kier molecular flexibility index (Phi) is 8.32. The van der Waals surface area contributed by atoms with E-state index in [1.165, 1.54) is 75.7 Å². The van der Waals surface area contributed by atoms with Crippen LogP contribution in [-0.4, -0.2) is 65.9 Å². The Bertz CT molecular complexity index is 2110. The van der Waals surface area contributed by atoms with Crippen LogP contribution in [0.3, 0.4) is 0 Å². The first-order valence-electron chi connectivity index (χ1n) is 14.8. The fraction of sp³-hybridized carbons (Fsp3) is 0.235. The minimum Gasteiger partial charge on any atom is -0.497 e. The molecule has 15 heteroatoms. The summed E-state index contributed by atoms with van der Waals surface area (Å²) in [6, 6.07) is 18.1. The third-order valence-electron chi connectivity index (χ3n) is 8.90. The van der Waals surface area contributed by atoms with Crippen molar-refractivity contribution in [2.45, 2.75) is 29.3 Å². The van der Waals surface area contributed by atoms with Crippen molar-refractivity contribution in [3.63, 3.8) is 0 Å². The number of halogens is 4. The number of nitrogens with one attached hydrogen (secondary N) is 1. The number of methoxy groups -OCH3 is 2. The Hall–Kier alpha value is -4.79. The fourth-order valence-electron chi connectivity index (χ4n) is 7.11. The number of carbonyl (C=O) groups excluding carboxylic acids is 2. The maximum absolute atomic E-state index is 16.0. The molecule has 4 aromatic carbocycles. The number of ether oxygens (including phenoxy) is 3. The molecule has 2 aliphatic heterocycles. The maximum Gasteiger partial charge on any atom is 0.573 e. The lowest BCUT2D eigenvalue weighted by molar-refractivity contribution is -0.275. The molecule has 2 aliphatic rings. The van der Waals surface area contributed by atoms with E-state index < -0.39 is 54.3 Å². The van der Waals surface area contributed by atoms with Crippen molar-refractivity contribution in [1.82, 2.24) is 8.79 Å². The second kappa shape index (κ2) is 12.0. The Morgan fingerprint density at radius 2 is 1.63 bits per heavy atom. The van der Waals surface area contributed by atoms with Gasteiger partial charge in [-0.2, -0.15) is 12.3 Å². The molecule has 49 heavy (non-hydrogen) atoms. The zero-order valence-corrected chi connectivity index (χ0v) is 28.1. The molecule has 3 atom stereocenters. The number of sulfonamides is 1. The molecule has 2 amide bonds. The molecule has 0 saturated heterocycles. The Morgan fingerprint density at radius 3 is 2.31 bits per heavy atom. The highest BCUT2D eigenvalue weighted by Crippen LogP contribution is 2.62. The number of para-hydroxylation sites is 2. The molecule has 256 valence electrons. The molecule has 1 N–H and O–H groups in total. The van der Waals surface area contributed by atoms with Gasteiger partial charge in [-0.05, 0) is 42.5 Å². The lowest BCUT2D eigenvalue weighted by Crippen LogP contribution is -2.75. The lowest BCUT2D eigenvalue weighted by Gasteiger charge is -2.49. The van der Waals surface area contributed by atoms with E-state index in [9.17, 15) is 18.0 Å². The number of alkyl halides is 3. The molecular weight excluding hydrogens is 687 g/mol. The summed E-state index contributed by atoms with van der Waals surface area (Å²) in [7, 11) is -0.0530. The third kappa shape index (κ3) is 4.91. The highest BCUT2D eigenvalue weighted by molar-refractivity contribution is 7.91. The SMILES string of the molecule is COc1ccc(S(=O)(=O)[N+]2(C3(c4ccccc4OC)C(=O)Nc4ccc(Cl)cc43)c3ccccc3C[C@H]2C(=O)N(C)C)c(OC(F)(F)F)c1. The quantitative estimate of drug-likeness (QED) is 0.228. The van der Waals surface area contributed by atoms with Crippen molar-refractivity contribution < 1.29 is 45.4 Å². The molecule has 0 saturated carbocycles. The summed E-state index contributed by atoms with van der Waals surface area (Å²) < 4.78 is 87.7. The van der Waals surface area contributed by atoms with Crippen LogP contribution in [0.25, 0.3) is 0 Å². The van der Waals surface area contributed by atoms with Crippen LogP contribution in [0.1, 0.15) is 16.7 Å². The summed E-state index contributed by atoms with van der Waals surface area (Å²) in [4.78, 5) is 29.9. The molecule has 4 aromatic rings. The van der Waals surface area contributed by atoms with E-state index in [1.807, 2.05) is 0 Å². The number of fused-ring (bicyclic) bond motifs is 2. The van der Waals surface area contributed by atoms with Gasteiger partial charge in [0.25, 0.3) is 17.4 Å². The van der Waals surface area contributed by atoms with Gasteiger partial charge < -0.3 is 24.4 Å². The van der Waals surface area contributed by atoms with Gasteiger partial charge in [0.1, 0.15) is 11.5 Å². The minimum absolute atomic E-state index is 0.0136. The summed E-state index contributed by atoms with van der Waals surface area (Å²) in [5, 5.41) is 2.92. The van der Waals surface area contributed by atoms with Crippen LogP contribution in [0.2, 0.25) is 5.02 Å². The first-order valence-corrected chi connectivity index (χ1v) is 16.6. The monoisotopic (exact) mass is 716 g/mol. The highest BCUT2D eigenvalue weighted by atomic mass is 35.5. The van der Waals surface area contributed by atoms with Crippen molar-refractivity contribution in [3.8, 4) is 17.2 Å². The molecule has 0 aromatic heterocycles. The summed E-state index contributed by atoms with van der Waals surface area (Å²) in [5.74, 6) is -2.80. The molecule has 2 unspecified atom stereocenters. The van der Waals surface area contributed by atoms with Gasteiger partial charge in [-0.15, -0.1) is 13.2 Å². The van der Waals surface area contributed by atoms with Crippen LogP contribution < -0.4 is 23.4 Å². The molecule has 10 nitrogen and oxygen atoms in total. The first-order chi connectivity index (χ1) is 23.1. The Balaban J connectivity index is 1.91. The van der Waals surface area contributed by atoms with Crippen molar-refractivity contribution in [2.24, 2.45) is 0 Å². The number of anilines is 1. The summed E-state index contributed by atoms with van der Waals surface area (Å²) >= 11 is 6.56. The third-order valence-corrected chi connectivity index (χ3v) is 11.5. The molecule has 2 heterocycles. The van der Waals surface area contributed by atoms with Gasteiger partial charge in [-0.3, -0.25) is 9.59 Å².